The van der Waals surface area contributed by atoms with Crippen LogP contribution in [0, 0.1) is 13.8 Å². The molecule has 4 heteroatoms. The summed E-state index contributed by atoms with van der Waals surface area (Å²) in [4.78, 5) is 2.73. The van der Waals surface area contributed by atoms with Crippen molar-refractivity contribution in [1.29, 1.82) is 0 Å². The van der Waals surface area contributed by atoms with Gasteiger partial charge in [-0.05, 0) is 87.4 Å². The van der Waals surface area contributed by atoms with Crippen LogP contribution in [-0.2, 0) is 6.54 Å². The standard InChI is InChI=1S/C26H34N2O2/c1-20-7-4-3-5-14-27(19-21(20)2)15-6-16-28-22-8-9-23(28)18-26(17-22)30-25-12-10-24(29)11-13-25/h3-5,7,10-14,19,22-23,26,29H,6,8-9,15-18H2,1-2H3. The molecule has 160 valence electrons. The van der Waals surface area contributed by atoms with E-state index in [9.17, 15) is 5.11 Å². The molecule has 2 fully saturated rings. The van der Waals surface area contributed by atoms with E-state index in [4.69, 9.17) is 4.74 Å². The van der Waals surface area contributed by atoms with E-state index in [0.29, 0.717) is 12.1 Å². The second kappa shape index (κ2) is 9.57. The summed E-state index contributed by atoms with van der Waals surface area (Å²) in [5, 5.41) is 9.46. The van der Waals surface area contributed by atoms with E-state index >= 15 is 0 Å². The van der Waals surface area contributed by atoms with Gasteiger partial charge in [0.25, 0.3) is 0 Å². The van der Waals surface area contributed by atoms with Crippen molar-refractivity contribution in [3.8, 4) is 11.5 Å². The first kappa shape index (κ1) is 20.8. The number of fused-ring (bicyclic) bond motifs is 2. The van der Waals surface area contributed by atoms with E-state index in [1.807, 2.05) is 12.1 Å². The van der Waals surface area contributed by atoms with Gasteiger partial charge in [-0.15, -0.1) is 0 Å². The Kier molecular flexibility index (Phi) is 6.63. The summed E-state index contributed by atoms with van der Waals surface area (Å²) < 4.78 is 8.55. The first-order chi connectivity index (χ1) is 14.6. The van der Waals surface area contributed by atoms with Gasteiger partial charge in [-0.2, -0.15) is 0 Å². The van der Waals surface area contributed by atoms with Crippen LogP contribution in [0.5, 0.6) is 11.5 Å². The van der Waals surface area contributed by atoms with Crippen LogP contribution in [0.4, 0.5) is 0 Å². The highest BCUT2D eigenvalue weighted by atomic mass is 16.5. The number of piperidine rings is 1. The van der Waals surface area contributed by atoms with Crippen LogP contribution in [0.3, 0.4) is 0 Å². The molecular weight excluding hydrogens is 372 g/mol. The van der Waals surface area contributed by atoms with Gasteiger partial charge in [0.2, 0.25) is 0 Å². The first-order valence-electron chi connectivity index (χ1n) is 11.3. The molecule has 0 spiro atoms. The number of rotatable bonds is 6. The van der Waals surface area contributed by atoms with Crippen molar-refractivity contribution in [1.82, 2.24) is 9.47 Å². The molecule has 0 aliphatic carbocycles. The molecule has 3 heterocycles. The van der Waals surface area contributed by atoms with Crippen molar-refractivity contribution in [3.05, 3.63) is 72.1 Å². The van der Waals surface area contributed by atoms with Crippen molar-refractivity contribution >= 4 is 0 Å². The molecule has 1 aromatic heterocycles. The lowest BCUT2D eigenvalue weighted by Crippen LogP contribution is -2.46. The normalized spacial score (nSPS) is 23.2. The Morgan fingerprint density at radius 3 is 2.37 bits per heavy atom. The molecule has 1 aromatic carbocycles. The third kappa shape index (κ3) is 5.17. The van der Waals surface area contributed by atoms with Crippen molar-refractivity contribution in [2.24, 2.45) is 0 Å². The molecule has 2 atom stereocenters. The number of ether oxygens (including phenoxy) is 1. The van der Waals surface area contributed by atoms with Crippen LogP contribution in [0.2, 0.25) is 0 Å². The molecule has 2 aliphatic heterocycles. The van der Waals surface area contributed by atoms with Crippen LogP contribution in [-0.4, -0.2) is 39.3 Å². The average Bonchev–Trinajstić information content (AvgIpc) is 3.00. The third-order valence-electron chi connectivity index (χ3n) is 6.64. The Morgan fingerprint density at radius 1 is 0.900 bits per heavy atom. The number of nitrogens with zero attached hydrogens (tertiary/aromatic N) is 2. The van der Waals surface area contributed by atoms with E-state index in [-0.39, 0.29) is 11.9 Å². The highest BCUT2D eigenvalue weighted by molar-refractivity contribution is 5.30. The smallest absolute Gasteiger partial charge is 0.119 e. The molecule has 2 unspecified atom stereocenters. The highest BCUT2D eigenvalue weighted by Gasteiger charge is 2.41. The van der Waals surface area contributed by atoms with E-state index < -0.39 is 0 Å². The van der Waals surface area contributed by atoms with Gasteiger partial charge in [-0.25, -0.2) is 0 Å². The van der Waals surface area contributed by atoms with Gasteiger partial charge in [-0.3, -0.25) is 4.90 Å². The molecule has 30 heavy (non-hydrogen) atoms. The van der Waals surface area contributed by atoms with Crippen LogP contribution in [0.1, 0.15) is 43.2 Å². The van der Waals surface area contributed by atoms with Crippen molar-refractivity contribution in [2.75, 3.05) is 6.54 Å². The van der Waals surface area contributed by atoms with E-state index in [0.717, 1.165) is 38.1 Å². The number of hydrogen-bond donors (Lipinski definition) is 1. The molecule has 2 bridgehead atoms. The van der Waals surface area contributed by atoms with Gasteiger partial charge >= 0.3 is 0 Å². The Morgan fingerprint density at radius 2 is 1.63 bits per heavy atom. The molecule has 4 rings (SSSR count). The minimum atomic E-state index is 0.287. The Hall–Kier alpha value is -2.46. The zero-order valence-electron chi connectivity index (χ0n) is 18.2. The largest absolute Gasteiger partial charge is 0.508 e. The number of aryl methyl sites for hydroxylation is 3. The predicted octanol–water partition coefficient (Wildman–Crippen LogP) is 5.40. The maximum absolute atomic E-state index is 9.46. The summed E-state index contributed by atoms with van der Waals surface area (Å²) >= 11 is 0. The summed E-state index contributed by atoms with van der Waals surface area (Å²) in [7, 11) is 0. The van der Waals surface area contributed by atoms with E-state index in [2.05, 4.69) is 60.0 Å². The number of benzene rings is 1. The fraction of sp³-hybridized carbons (Fsp3) is 0.462. The van der Waals surface area contributed by atoms with Crippen LogP contribution < -0.4 is 4.74 Å². The molecule has 2 aliphatic rings. The summed E-state index contributed by atoms with van der Waals surface area (Å²) in [6.45, 7) is 6.55. The van der Waals surface area contributed by atoms with Gasteiger partial charge in [0.15, 0.2) is 0 Å². The lowest BCUT2D eigenvalue weighted by atomic mass is 9.99. The number of hydrogen-bond acceptors (Lipinski definition) is 3. The second-order valence-corrected chi connectivity index (χ2v) is 8.81. The van der Waals surface area contributed by atoms with Crippen molar-refractivity contribution < 1.29 is 9.84 Å². The molecule has 1 N–H and O–H groups in total. The number of phenolic OH excluding ortho intramolecular Hbond substituents is 1. The molecule has 0 amide bonds. The summed E-state index contributed by atoms with van der Waals surface area (Å²) in [5.74, 6) is 1.15. The predicted molar refractivity (Wildman–Crippen MR) is 121 cm³/mol. The summed E-state index contributed by atoms with van der Waals surface area (Å²) in [5.41, 5.74) is 2.63. The SMILES string of the molecule is Cc1cccccn(CCCN2C3CCC2CC(Oc2ccc(O)cc2)C3)cc1C. The average molecular weight is 407 g/mol. The quantitative estimate of drug-likeness (QED) is 0.698. The van der Waals surface area contributed by atoms with Crippen molar-refractivity contribution in [2.45, 2.75) is 70.7 Å². The lowest BCUT2D eigenvalue weighted by molar-refractivity contribution is 0.0481. The van der Waals surface area contributed by atoms with Crippen LogP contribution in [0.15, 0.2) is 60.9 Å². The topological polar surface area (TPSA) is 37.6 Å². The van der Waals surface area contributed by atoms with Crippen LogP contribution in [0.25, 0.3) is 0 Å². The van der Waals surface area contributed by atoms with Gasteiger partial charge in [0.1, 0.15) is 17.6 Å². The van der Waals surface area contributed by atoms with Gasteiger partial charge < -0.3 is 14.4 Å². The molecular formula is C26H34N2O2. The highest BCUT2D eigenvalue weighted by Crippen LogP contribution is 2.37. The maximum Gasteiger partial charge on any atom is 0.119 e. The fourth-order valence-electron chi connectivity index (χ4n) is 4.93. The monoisotopic (exact) mass is 406 g/mol. The fourth-order valence-corrected chi connectivity index (χ4v) is 4.93. The number of phenols is 1. The summed E-state index contributed by atoms with van der Waals surface area (Å²) in [6.07, 6.45) is 10.7. The zero-order chi connectivity index (χ0) is 20.9. The zero-order valence-corrected chi connectivity index (χ0v) is 18.2. The minimum Gasteiger partial charge on any atom is -0.508 e. The summed E-state index contributed by atoms with van der Waals surface area (Å²) in [6, 6.07) is 16.9. The van der Waals surface area contributed by atoms with Gasteiger partial charge in [0.05, 0.1) is 0 Å². The van der Waals surface area contributed by atoms with Gasteiger partial charge in [-0.1, -0.05) is 18.2 Å². The third-order valence-corrected chi connectivity index (χ3v) is 6.64. The Bertz CT molecular complexity index is 874. The molecule has 0 radical (unpaired) electrons. The van der Waals surface area contributed by atoms with Crippen molar-refractivity contribution in [3.63, 3.8) is 0 Å². The van der Waals surface area contributed by atoms with Crippen LogP contribution >= 0.6 is 0 Å². The lowest BCUT2D eigenvalue weighted by Gasteiger charge is -2.39. The maximum atomic E-state index is 9.46. The first-order valence-corrected chi connectivity index (χ1v) is 11.3. The van der Waals surface area contributed by atoms with E-state index in [1.165, 1.54) is 24.0 Å². The molecule has 2 saturated heterocycles. The second-order valence-electron chi connectivity index (χ2n) is 8.81. The Labute approximate surface area is 180 Å². The Balaban J connectivity index is 1.32. The van der Waals surface area contributed by atoms with Gasteiger partial charge in [0, 0.05) is 37.6 Å². The molecule has 2 aromatic rings. The minimum absolute atomic E-state index is 0.287. The number of aromatic hydroxyl groups is 1. The number of aromatic nitrogens is 1. The molecule has 0 saturated carbocycles. The van der Waals surface area contributed by atoms with E-state index in [1.54, 1.807) is 12.1 Å². The molecule has 4 nitrogen and oxygen atoms in total.